The van der Waals surface area contributed by atoms with E-state index in [9.17, 15) is 0 Å². The molecule has 0 fully saturated rings. The van der Waals surface area contributed by atoms with Crippen molar-refractivity contribution in [2.45, 2.75) is 25.8 Å². The number of aliphatic hydroxyl groups excluding tert-OH is 1. The number of nitrogens with one attached hydrogen (secondary N) is 1. The third-order valence-corrected chi connectivity index (χ3v) is 2.55. The maximum Gasteiger partial charge on any atom is 0.177 e. The summed E-state index contributed by atoms with van der Waals surface area (Å²) in [4.78, 5) is 11.8. The number of rotatable bonds is 3. The van der Waals surface area contributed by atoms with Crippen LogP contribution >= 0.6 is 0 Å². The Morgan fingerprint density at radius 2 is 2.25 bits per heavy atom. The van der Waals surface area contributed by atoms with Gasteiger partial charge in [0.25, 0.3) is 0 Å². The van der Waals surface area contributed by atoms with E-state index < -0.39 is 0 Å². The van der Waals surface area contributed by atoms with E-state index in [1.807, 2.05) is 6.07 Å². The van der Waals surface area contributed by atoms with Crippen LogP contribution in [0.4, 0.5) is 0 Å². The Labute approximate surface area is 93.7 Å². The fraction of sp³-hybridized carbons (Fsp3) is 0.455. The third-order valence-electron chi connectivity index (χ3n) is 2.55. The summed E-state index contributed by atoms with van der Waals surface area (Å²) in [7, 11) is 0. The highest BCUT2D eigenvalue weighted by atomic mass is 16.3. The summed E-state index contributed by atoms with van der Waals surface area (Å²) >= 11 is 0. The van der Waals surface area contributed by atoms with Gasteiger partial charge in [0, 0.05) is 12.1 Å². The molecule has 0 aliphatic heterocycles. The summed E-state index contributed by atoms with van der Waals surface area (Å²) in [6.45, 7) is 4.05. The van der Waals surface area contributed by atoms with Gasteiger partial charge in [-0.1, -0.05) is 13.8 Å². The molecular formula is C11H16N4O. The maximum absolute atomic E-state index is 8.98. The quantitative estimate of drug-likeness (QED) is 0.722. The van der Waals surface area contributed by atoms with Gasteiger partial charge in [0.1, 0.15) is 5.82 Å². The molecule has 0 amide bonds. The standard InChI is InChI=1S/C11H16N4O/c1-6(2)10-14-9-3-7(8(12)5-16)4-13-11(9)15-10/h3-4,6,8,16H,5,12H2,1-2H3,(H,13,14,15). The number of hydrogen-bond acceptors (Lipinski definition) is 4. The molecule has 0 bridgehead atoms. The van der Waals surface area contributed by atoms with Gasteiger partial charge in [-0.2, -0.15) is 0 Å². The molecule has 2 aromatic heterocycles. The van der Waals surface area contributed by atoms with Crippen LogP contribution in [0.15, 0.2) is 12.3 Å². The molecule has 4 N–H and O–H groups in total. The Morgan fingerprint density at radius 3 is 2.88 bits per heavy atom. The minimum Gasteiger partial charge on any atom is -0.394 e. The van der Waals surface area contributed by atoms with E-state index in [1.165, 1.54) is 0 Å². The van der Waals surface area contributed by atoms with Crippen molar-refractivity contribution in [2.24, 2.45) is 5.73 Å². The maximum atomic E-state index is 8.98. The first kappa shape index (κ1) is 11.0. The SMILES string of the molecule is CC(C)c1nc2ncc(C(N)CO)cc2[nH]1. The van der Waals surface area contributed by atoms with Crippen molar-refractivity contribution in [1.82, 2.24) is 15.0 Å². The molecule has 0 saturated carbocycles. The van der Waals surface area contributed by atoms with Crippen LogP contribution in [0.1, 0.15) is 37.2 Å². The average Bonchev–Trinajstić information content (AvgIpc) is 2.70. The molecular weight excluding hydrogens is 204 g/mol. The molecule has 2 rings (SSSR count). The van der Waals surface area contributed by atoms with Gasteiger partial charge in [-0.15, -0.1) is 0 Å². The average molecular weight is 220 g/mol. The highest BCUT2D eigenvalue weighted by Gasteiger charge is 2.10. The number of H-pyrrole nitrogens is 1. The van der Waals surface area contributed by atoms with Crippen LogP contribution in [0, 0.1) is 0 Å². The number of pyridine rings is 1. The van der Waals surface area contributed by atoms with E-state index in [1.54, 1.807) is 6.20 Å². The molecule has 86 valence electrons. The van der Waals surface area contributed by atoms with Crippen molar-refractivity contribution in [3.05, 3.63) is 23.7 Å². The van der Waals surface area contributed by atoms with Crippen LogP contribution in [-0.2, 0) is 0 Å². The Hall–Kier alpha value is -1.46. The summed E-state index contributed by atoms with van der Waals surface area (Å²) < 4.78 is 0. The van der Waals surface area contributed by atoms with E-state index in [2.05, 4.69) is 28.8 Å². The molecule has 16 heavy (non-hydrogen) atoms. The number of aromatic nitrogens is 3. The number of aliphatic hydroxyl groups is 1. The van der Waals surface area contributed by atoms with Gasteiger partial charge in [0.2, 0.25) is 0 Å². The first-order valence-electron chi connectivity index (χ1n) is 5.33. The third kappa shape index (κ3) is 1.91. The van der Waals surface area contributed by atoms with Crippen LogP contribution in [-0.4, -0.2) is 26.7 Å². The van der Waals surface area contributed by atoms with E-state index in [0.717, 1.165) is 16.9 Å². The molecule has 0 saturated heterocycles. The van der Waals surface area contributed by atoms with Crippen molar-refractivity contribution < 1.29 is 5.11 Å². The largest absolute Gasteiger partial charge is 0.394 e. The lowest BCUT2D eigenvalue weighted by molar-refractivity contribution is 0.268. The molecule has 1 atom stereocenters. The minimum absolute atomic E-state index is 0.0850. The summed E-state index contributed by atoms with van der Waals surface area (Å²) in [5.41, 5.74) is 8.10. The van der Waals surface area contributed by atoms with Crippen molar-refractivity contribution >= 4 is 11.2 Å². The predicted molar refractivity (Wildman–Crippen MR) is 62.0 cm³/mol. The summed E-state index contributed by atoms with van der Waals surface area (Å²) in [5, 5.41) is 8.98. The normalized spacial score (nSPS) is 13.6. The molecule has 0 aliphatic carbocycles. The van der Waals surface area contributed by atoms with E-state index >= 15 is 0 Å². The van der Waals surface area contributed by atoms with E-state index in [4.69, 9.17) is 10.8 Å². The fourth-order valence-corrected chi connectivity index (χ4v) is 1.52. The molecule has 2 heterocycles. The smallest absolute Gasteiger partial charge is 0.177 e. The van der Waals surface area contributed by atoms with Gasteiger partial charge in [-0.3, -0.25) is 0 Å². The molecule has 0 aliphatic rings. The van der Waals surface area contributed by atoms with Crippen LogP contribution in [0.5, 0.6) is 0 Å². The second-order valence-corrected chi connectivity index (χ2v) is 4.21. The first-order chi connectivity index (χ1) is 7.61. The molecule has 2 aromatic rings. The Balaban J connectivity index is 2.45. The number of hydrogen-bond donors (Lipinski definition) is 3. The lowest BCUT2D eigenvalue weighted by Gasteiger charge is -2.06. The van der Waals surface area contributed by atoms with Gasteiger partial charge in [0.05, 0.1) is 18.2 Å². The van der Waals surface area contributed by atoms with E-state index in [-0.39, 0.29) is 12.6 Å². The monoisotopic (exact) mass is 220 g/mol. The van der Waals surface area contributed by atoms with Crippen LogP contribution in [0.3, 0.4) is 0 Å². The summed E-state index contributed by atoms with van der Waals surface area (Å²) in [6.07, 6.45) is 1.66. The highest BCUT2D eigenvalue weighted by molar-refractivity contribution is 5.71. The molecule has 5 nitrogen and oxygen atoms in total. The van der Waals surface area contributed by atoms with Gasteiger partial charge in [-0.25, -0.2) is 9.97 Å². The summed E-state index contributed by atoms with van der Waals surface area (Å²) in [5.74, 6) is 1.25. The Morgan fingerprint density at radius 1 is 1.50 bits per heavy atom. The molecule has 0 radical (unpaired) electrons. The predicted octanol–water partition coefficient (Wildman–Crippen LogP) is 1.07. The van der Waals surface area contributed by atoms with E-state index in [0.29, 0.717) is 11.6 Å². The lowest BCUT2D eigenvalue weighted by atomic mass is 10.1. The zero-order chi connectivity index (χ0) is 11.7. The molecule has 1 unspecified atom stereocenters. The zero-order valence-corrected chi connectivity index (χ0v) is 9.44. The van der Waals surface area contributed by atoms with Crippen molar-refractivity contribution in [2.75, 3.05) is 6.61 Å². The molecule has 0 aromatic carbocycles. The first-order valence-corrected chi connectivity index (χ1v) is 5.33. The van der Waals surface area contributed by atoms with Crippen LogP contribution < -0.4 is 5.73 Å². The van der Waals surface area contributed by atoms with Crippen LogP contribution in [0.2, 0.25) is 0 Å². The Kier molecular flexibility index (Phi) is 2.89. The molecule has 5 heteroatoms. The van der Waals surface area contributed by atoms with Crippen molar-refractivity contribution in [1.29, 1.82) is 0 Å². The second kappa shape index (κ2) is 4.19. The number of aromatic amines is 1. The van der Waals surface area contributed by atoms with Gasteiger partial charge in [-0.05, 0) is 11.6 Å². The molecule has 0 spiro atoms. The lowest BCUT2D eigenvalue weighted by Crippen LogP contribution is -2.14. The van der Waals surface area contributed by atoms with Crippen molar-refractivity contribution in [3.63, 3.8) is 0 Å². The number of imidazole rings is 1. The number of fused-ring (bicyclic) bond motifs is 1. The van der Waals surface area contributed by atoms with Crippen LogP contribution in [0.25, 0.3) is 11.2 Å². The number of nitrogens with two attached hydrogens (primary N) is 1. The Bertz CT molecular complexity index is 492. The number of nitrogens with zero attached hydrogens (tertiary/aromatic N) is 2. The minimum atomic E-state index is -0.386. The topological polar surface area (TPSA) is 87.8 Å². The van der Waals surface area contributed by atoms with Crippen molar-refractivity contribution in [3.8, 4) is 0 Å². The highest BCUT2D eigenvalue weighted by Crippen LogP contribution is 2.18. The van der Waals surface area contributed by atoms with Gasteiger partial charge in [0.15, 0.2) is 5.65 Å². The summed E-state index contributed by atoms with van der Waals surface area (Å²) in [6, 6.07) is 1.50. The van der Waals surface area contributed by atoms with Gasteiger partial charge >= 0.3 is 0 Å². The second-order valence-electron chi connectivity index (χ2n) is 4.21. The zero-order valence-electron chi connectivity index (χ0n) is 9.44. The van der Waals surface area contributed by atoms with Gasteiger partial charge < -0.3 is 15.8 Å². The fourth-order valence-electron chi connectivity index (χ4n) is 1.52.